The van der Waals surface area contributed by atoms with Crippen LogP contribution < -0.4 is 0 Å². The van der Waals surface area contributed by atoms with Crippen molar-refractivity contribution in [2.45, 2.75) is 13.8 Å². The molecule has 0 N–H and O–H groups in total. The summed E-state index contributed by atoms with van der Waals surface area (Å²) in [5.41, 5.74) is 2.30. The largest absolute Gasteiger partial charge is 0.0985 e. The molecule has 0 atom stereocenters. The maximum Gasteiger partial charge on any atom is -0.0266 e. The zero-order valence-corrected chi connectivity index (χ0v) is 6.72. The first-order valence-corrected chi connectivity index (χ1v) is 3.34. The van der Waals surface area contributed by atoms with Crippen molar-refractivity contribution in [2.24, 2.45) is 0 Å². The van der Waals surface area contributed by atoms with Gasteiger partial charge in [-0.2, -0.15) is 0 Å². The fraction of sp³-hybridized carbons (Fsp3) is 0.200. The molecule has 0 aromatic carbocycles. The van der Waals surface area contributed by atoms with Gasteiger partial charge in [0.25, 0.3) is 0 Å². The third-order valence-corrected chi connectivity index (χ3v) is 1.32. The predicted molar refractivity (Wildman–Crippen MR) is 47.9 cm³/mol. The monoisotopic (exact) mass is 134 g/mol. The van der Waals surface area contributed by atoms with Crippen LogP contribution in [0.1, 0.15) is 13.8 Å². The molecule has 0 aromatic heterocycles. The van der Waals surface area contributed by atoms with Crippen LogP contribution in [0.25, 0.3) is 0 Å². The molecule has 0 amide bonds. The smallest absolute Gasteiger partial charge is 0.0266 e. The first kappa shape index (κ1) is 8.96. The second-order valence-corrected chi connectivity index (χ2v) is 2.09. The van der Waals surface area contributed by atoms with Crippen LogP contribution in [0.2, 0.25) is 0 Å². The molecule has 0 saturated carbocycles. The summed E-state index contributed by atoms with van der Waals surface area (Å²) in [4.78, 5) is 0. The number of hydrogen-bond donors (Lipinski definition) is 0. The molecule has 10 heavy (non-hydrogen) atoms. The molecule has 0 aliphatic carbocycles. The molecule has 0 spiro atoms. The van der Waals surface area contributed by atoms with Crippen molar-refractivity contribution >= 4 is 0 Å². The van der Waals surface area contributed by atoms with Crippen LogP contribution in [0, 0.1) is 0 Å². The quantitative estimate of drug-likeness (QED) is 0.520. The van der Waals surface area contributed by atoms with E-state index in [9.17, 15) is 0 Å². The molecule has 0 heteroatoms. The van der Waals surface area contributed by atoms with Gasteiger partial charge in [0.05, 0.1) is 0 Å². The van der Waals surface area contributed by atoms with Gasteiger partial charge < -0.3 is 0 Å². The minimum absolute atomic E-state index is 1.07. The Morgan fingerprint density at radius 3 is 2.00 bits per heavy atom. The third-order valence-electron chi connectivity index (χ3n) is 1.32. The van der Waals surface area contributed by atoms with Gasteiger partial charge in [-0.3, -0.25) is 0 Å². The predicted octanol–water partition coefficient (Wildman–Crippen LogP) is 3.25. The molecule has 0 fully saturated rings. The molecule has 0 radical (unpaired) electrons. The minimum Gasteiger partial charge on any atom is -0.0985 e. The SMILES string of the molecule is C=CC(C=C)=C/C(C)=C\C. The van der Waals surface area contributed by atoms with Gasteiger partial charge in [0, 0.05) is 0 Å². The first-order chi connectivity index (χ1) is 4.74. The van der Waals surface area contributed by atoms with Gasteiger partial charge in [-0.15, -0.1) is 0 Å². The lowest BCUT2D eigenvalue weighted by Crippen LogP contribution is -1.71. The van der Waals surface area contributed by atoms with E-state index >= 15 is 0 Å². The van der Waals surface area contributed by atoms with Gasteiger partial charge in [0.1, 0.15) is 0 Å². The lowest BCUT2D eigenvalue weighted by atomic mass is 10.1. The lowest BCUT2D eigenvalue weighted by molar-refractivity contribution is 1.46. The van der Waals surface area contributed by atoms with Crippen molar-refractivity contribution in [1.82, 2.24) is 0 Å². The number of allylic oxidation sites excluding steroid dienone is 6. The van der Waals surface area contributed by atoms with E-state index in [1.54, 1.807) is 12.2 Å². The van der Waals surface area contributed by atoms with Gasteiger partial charge in [-0.1, -0.05) is 43.0 Å². The van der Waals surface area contributed by atoms with Gasteiger partial charge in [0.15, 0.2) is 0 Å². The molecule has 0 saturated heterocycles. The van der Waals surface area contributed by atoms with E-state index in [0.717, 1.165) is 5.57 Å². The molecule has 0 nitrogen and oxygen atoms in total. The van der Waals surface area contributed by atoms with E-state index in [-0.39, 0.29) is 0 Å². The Hall–Kier alpha value is -1.04. The molecular weight excluding hydrogens is 120 g/mol. The third kappa shape index (κ3) is 3.08. The minimum atomic E-state index is 1.07. The fourth-order valence-corrected chi connectivity index (χ4v) is 0.547. The van der Waals surface area contributed by atoms with Gasteiger partial charge >= 0.3 is 0 Å². The summed E-state index contributed by atoms with van der Waals surface area (Å²) in [5, 5.41) is 0. The van der Waals surface area contributed by atoms with Crippen molar-refractivity contribution in [3.8, 4) is 0 Å². The number of rotatable bonds is 3. The highest BCUT2D eigenvalue weighted by atomic mass is 13.9. The molecule has 0 aromatic rings. The van der Waals surface area contributed by atoms with Crippen LogP contribution in [0.4, 0.5) is 0 Å². The second-order valence-electron chi connectivity index (χ2n) is 2.09. The van der Waals surface area contributed by atoms with Gasteiger partial charge in [0.2, 0.25) is 0 Å². The Bertz CT molecular complexity index is 170. The average molecular weight is 134 g/mol. The van der Waals surface area contributed by atoms with Crippen LogP contribution >= 0.6 is 0 Å². The molecule has 0 bridgehead atoms. The zero-order valence-electron chi connectivity index (χ0n) is 6.72. The van der Waals surface area contributed by atoms with Crippen molar-refractivity contribution in [3.05, 3.63) is 48.6 Å². The summed E-state index contributed by atoms with van der Waals surface area (Å²) >= 11 is 0. The van der Waals surface area contributed by atoms with Crippen LogP contribution in [-0.2, 0) is 0 Å². The van der Waals surface area contributed by atoms with Crippen LogP contribution in [0.5, 0.6) is 0 Å². The van der Waals surface area contributed by atoms with E-state index in [1.165, 1.54) is 5.57 Å². The summed E-state index contributed by atoms with van der Waals surface area (Å²) in [5.74, 6) is 0. The molecule has 54 valence electrons. The molecule has 0 rings (SSSR count). The topological polar surface area (TPSA) is 0 Å². The van der Waals surface area contributed by atoms with E-state index < -0.39 is 0 Å². The molecule has 0 heterocycles. The maximum absolute atomic E-state index is 3.65. The van der Waals surface area contributed by atoms with E-state index in [2.05, 4.69) is 13.2 Å². The Labute approximate surface area is 63.3 Å². The molecule has 0 aliphatic rings. The maximum atomic E-state index is 3.65. The van der Waals surface area contributed by atoms with Crippen molar-refractivity contribution in [1.29, 1.82) is 0 Å². The average Bonchev–Trinajstić information content (AvgIpc) is 1.99. The van der Waals surface area contributed by atoms with Crippen molar-refractivity contribution < 1.29 is 0 Å². The normalized spacial score (nSPS) is 10.4. The van der Waals surface area contributed by atoms with Crippen molar-refractivity contribution in [2.75, 3.05) is 0 Å². The fourth-order valence-electron chi connectivity index (χ4n) is 0.547. The Kier molecular flexibility index (Phi) is 4.30. The summed E-state index contributed by atoms with van der Waals surface area (Å²) in [6, 6.07) is 0. The highest BCUT2D eigenvalue weighted by Gasteiger charge is 1.82. The highest BCUT2D eigenvalue weighted by Crippen LogP contribution is 2.02. The van der Waals surface area contributed by atoms with Crippen LogP contribution in [0.3, 0.4) is 0 Å². The van der Waals surface area contributed by atoms with Crippen LogP contribution in [-0.4, -0.2) is 0 Å². The Morgan fingerprint density at radius 2 is 1.70 bits per heavy atom. The molecule has 0 unspecified atom stereocenters. The first-order valence-electron chi connectivity index (χ1n) is 3.34. The van der Waals surface area contributed by atoms with E-state index in [1.807, 2.05) is 26.0 Å². The molecule has 0 aliphatic heterocycles. The van der Waals surface area contributed by atoms with Gasteiger partial charge in [-0.25, -0.2) is 0 Å². The highest BCUT2D eigenvalue weighted by molar-refractivity contribution is 5.34. The van der Waals surface area contributed by atoms with Crippen molar-refractivity contribution in [3.63, 3.8) is 0 Å². The molecular formula is C10H14. The Morgan fingerprint density at radius 1 is 1.20 bits per heavy atom. The standard InChI is InChI=1S/C10H14/c1-5-9(4)8-10(6-2)7-3/h5-8H,2-3H2,1,4H3/b9-5-. The summed E-state index contributed by atoms with van der Waals surface area (Å²) in [7, 11) is 0. The second kappa shape index (κ2) is 4.80. The van der Waals surface area contributed by atoms with Crippen LogP contribution in [0.15, 0.2) is 48.6 Å². The number of hydrogen-bond acceptors (Lipinski definition) is 0. The summed E-state index contributed by atoms with van der Waals surface area (Å²) in [6.07, 6.45) is 7.67. The summed E-state index contributed by atoms with van der Waals surface area (Å²) < 4.78 is 0. The zero-order chi connectivity index (χ0) is 7.98. The lowest BCUT2D eigenvalue weighted by Gasteiger charge is -1.91. The van der Waals surface area contributed by atoms with E-state index in [0.29, 0.717) is 0 Å². The van der Waals surface area contributed by atoms with E-state index in [4.69, 9.17) is 0 Å². The summed E-state index contributed by atoms with van der Waals surface area (Å²) in [6.45, 7) is 11.4. The Balaban J connectivity index is 4.39. The van der Waals surface area contributed by atoms with Gasteiger partial charge in [-0.05, 0) is 19.4 Å².